The Morgan fingerprint density at radius 1 is 1.29 bits per heavy atom. The Labute approximate surface area is 101 Å². The molecule has 1 unspecified atom stereocenters. The zero-order valence-corrected chi connectivity index (χ0v) is 11.0. The van der Waals surface area contributed by atoms with Crippen molar-refractivity contribution in [1.29, 1.82) is 0 Å². The molecule has 0 aromatic rings. The summed E-state index contributed by atoms with van der Waals surface area (Å²) in [6, 6.07) is 0. The maximum Gasteiger partial charge on any atom is 0.269 e. The van der Waals surface area contributed by atoms with E-state index in [1.165, 1.54) is 6.92 Å². The van der Waals surface area contributed by atoms with E-state index in [1.54, 1.807) is 0 Å². The maximum absolute atomic E-state index is 10.9. The van der Waals surface area contributed by atoms with E-state index in [4.69, 9.17) is 9.29 Å². The molecule has 1 atom stereocenters. The molecule has 0 amide bonds. The summed E-state index contributed by atoms with van der Waals surface area (Å²) in [6.07, 6.45) is -1.07. The van der Waals surface area contributed by atoms with Gasteiger partial charge in [-0.05, 0) is 6.92 Å². The third kappa shape index (κ3) is 9.08. The Kier molecular flexibility index (Phi) is 6.66. The zero-order chi connectivity index (χ0) is 13.5. The maximum atomic E-state index is 10.9. The van der Waals surface area contributed by atoms with Gasteiger partial charge in [0, 0.05) is 0 Å². The number of hydrogen-bond acceptors (Lipinski definition) is 6. The fourth-order valence-corrected chi connectivity index (χ4v) is 1.89. The summed E-state index contributed by atoms with van der Waals surface area (Å²) < 4.78 is 60.7. The first-order chi connectivity index (χ1) is 7.70. The topological polar surface area (TPSA) is 107 Å². The predicted molar refractivity (Wildman–Crippen MR) is 60.4 cm³/mol. The van der Waals surface area contributed by atoms with Gasteiger partial charge in [0.05, 0.1) is 19.5 Å². The monoisotopic (exact) mass is 286 g/mol. The molecule has 7 nitrogen and oxygen atoms in total. The third-order valence-corrected chi connectivity index (χ3v) is 3.47. The molecule has 0 heterocycles. The first-order valence-corrected chi connectivity index (χ1v) is 7.66. The predicted octanol–water partition coefficient (Wildman–Crippen LogP) is -0.741. The molecule has 100 valence electrons. The van der Waals surface area contributed by atoms with Crippen LogP contribution in [-0.4, -0.2) is 52.7 Å². The lowest BCUT2D eigenvalue weighted by Crippen LogP contribution is -2.25. The molecule has 0 bridgehead atoms. The molecule has 0 saturated heterocycles. The number of ether oxygens (including phenoxy) is 1. The molecule has 0 aliphatic rings. The van der Waals surface area contributed by atoms with Gasteiger partial charge in [0.25, 0.3) is 20.2 Å². The van der Waals surface area contributed by atoms with Crippen LogP contribution in [0, 0.1) is 11.8 Å². The molecule has 17 heavy (non-hydrogen) atoms. The van der Waals surface area contributed by atoms with E-state index in [0.717, 1.165) is 7.11 Å². The van der Waals surface area contributed by atoms with Crippen LogP contribution in [0.3, 0.4) is 0 Å². The molecule has 0 aromatic heterocycles. The minimum absolute atomic E-state index is 0.273. The van der Waals surface area contributed by atoms with Crippen LogP contribution in [0.5, 0.6) is 0 Å². The molecule has 0 aromatic carbocycles. The SMILES string of the molecule is CC#CC(CS(=O)(=O)O)OCCS(=O)(=O)OC. The summed E-state index contributed by atoms with van der Waals surface area (Å²) in [6.45, 7) is 1.19. The quantitative estimate of drug-likeness (QED) is 0.373. The van der Waals surface area contributed by atoms with Crippen molar-refractivity contribution in [3.8, 4) is 11.8 Å². The molecule has 0 radical (unpaired) electrons. The van der Waals surface area contributed by atoms with E-state index in [9.17, 15) is 16.8 Å². The van der Waals surface area contributed by atoms with Gasteiger partial charge in [-0.25, -0.2) is 0 Å². The molecule has 9 heteroatoms. The van der Waals surface area contributed by atoms with Gasteiger partial charge in [0.2, 0.25) is 0 Å². The van der Waals surface area contributed by atoms with E-state index >= 15 is 0 Å². The van der Waals surface area contributed by atoms with Crippen molar-refractivity contribution in [2.75, 3.05) is 25.2 Å². The van der Waals surface area contributed by atoms with Crippen LogP contribution in [0.2, 0.25) is 0 Å². The Morgan fingerprint density at radius 2 is 1.88 bits per heavy atom. The summed E-state index contributed by atoms with van der Waals surface area (Å²) >= 11 is 0. The fraction of sp³-hybridized carbons (Fsp3) is 0.750. The summed E-state index contributed by atoms with van der Waals surface area (Å²) in [4.78, 5) is 0. The van der Waals surface area contributed by atoms with Crippen molar-refractivity contribution in [1.82, 2.24) is 0 Å². The Balaban J connectivity index is 4.33. The van der Waals surface area contributed by atoms with E-state index in [0.29, 0.717) is 0 Å². The first kappa shape index (κ1) is 16.3. The molecule has 0 spiro atoms. The van der Waals surface area contributed by atoms with Gasteiger partial charge in [-0.3, -0.25) is 8.74 Å². The molecule has 0 fully saturated rings. The average molecular weight is 286 g/mol. The highest BCUT2D eigenvalue weighted by Gasteiger charge is 2.17. The Hall–Kier alpha value is -0.660. The lowest BCUT2D eigenvalue weighted by Gasteiger charge is -2.10. The minimum atomic E-state index is -4.23. The minimum Gasteiger partial charge on any atom is -0.363 e. The molecule has 1 N–H and O–H groups in total. The zero-order valence-electron chi connectivity index (χ0n) is 9.41. The van der Waals surface area contributed by atoms with Crippen LogP contribution in [0.1, 0.15) is 6.92 Å². The van der Waals surface area contributed by atoms with Crippen molar-refractivity contribution < 1.29 is 30.3 Å². The summed E-state index contributed by atoms with van der Waals surface area (Å²) in [7, 11) is -6.87. The van der Waals surface area contributed by atoms with Gasteiger partial charge in [0.1, 0.15) is 11.9 Å². The highest BCUT2D eigenvalue weighted by molar-refractivity contribution is 7.86. The van der Waals surface area contributed by atoms with Crippen LogP contribution >= 0.6 is 0 Å². The number of hydrogen-bond donors (Lipinski definition) is 1. The molecular weight excluding hydrogens is 272 g/mol. The third-order valence-electron chi connectivity index (χ3n) is 1.57. The van der Waals surface area contributed by atoms with Crippen molar-refractivity contribution in [2.24, 2.45) is 0 Å². The van der Waals surface area contributed by atoms with Crippen molar-refractivity contribution in [2.45, 2.75) is 13.0 Å². The number of rotatable bonds is 7. The van der Waals surface area contributed by atoms with Gasteiger partial charge in [0.15, 0.2) is 0 Å². The smallest absolute Gasteiger partial charge is 0.269 e. The van der Waals surface area contributed by atoms with Crippen molar-refractivity contribution in [3.05, 3.63) is 0 Å². The van der Waals surface area contributed by atoms with Crippen LogP contribution in [0.4, 0.5) is 0 Å². The van der Waals surface area contributed by atoms with Gasteiger partial charge in [-0.1, -0.05) is 5.92 Å². The second-order valence-corrected chi connectivity index (χ2v) is 6.28. The molecule has 0 aliphatic carbocycles. The van der Waals surface area contributed by atoms with Crippen LogP contribution in [0.15, 0.2) is 0 Å². The second kappa shape index (κ2) is 6.93. The van der Waals surface area contributed by atoms with Crippen LogP contribution in [-0.2, 0) is 29.2 Å². The molecule has 0 rings (SSSR count). The summed E-state index contributed by atoms with van der Waals surface area (Å²) in [5.41, 5.74) is 0. The van der Waals surface area contributed by atoms with Gasteiger partial charge in [-0.15, -0.1) is 5.92 Å². The van der Waals surface area contributed by atoms with Crippen LogP contribution < -0.4 is 0 Å². The van der Waals surface area contributed by atoms with E-state index in [2.05, 4.69) is 16.0 Å². The van der Waals surface area contributed by atoms with E-state index < -0.39 is 37.8 Å². The van der Waals surface area contributed by atoms with Gasteiger partial charge in [-0.2, -0.15) is 16.8 Å². The fourth-order valence-electron chi connectivity index (χ4n) is 0.859. The lowest BCUT2D eigenvalue weighted by molar-refractivity contribution is 0.117. The summed E-state index contributed by atoms with van der Waals surface area (Å²) in [5.74, 6) is 3.69. The van der Waals surface area contributed by atoms with E-state index in [-0.39, 0.29) is 6.61 Å². The van der Waals surface area contributed by atoms with Crippen molar-refractivity contribution in [3.63, 3.8) is 0 Å². The van der Waals surface area contributed by atoms with Gasteiger partial charge >= 0.3 is 0 Å². The lowest BCUT2D eigenvalue weighted by atomic mass is 10.4. The van der Waals surface area contributed by atoms with Crippen molar-refractivity contribution >= 4 is 20.2 Å². The normalized spacial score (nSPS) is 13.8. The largest absolute Gasteiger partial charge is 0.363 e. The standard InChI is InChI=1S/C8H14O7S2/c1-3-4-8(7-16(9,10)11)15-5-6-17(12,13)14-2/h8H,5-7H2,1-2H3,(H,9,10,11). The summed E-state index contributed by atoms with van der Waals surface area (Å²) in [5, 5.41) is 0. The highest BCUT2D eigenvalue weighted by atomic mass is 32.2. The Morgan fingerprint density at radius 3 is 2.29 bits per heavy atom. The second-order valence-electron chi connectivity index (χ2n) is 2.93. The molecule has 0 aliphatic heterocycles. The molecular formula is C8H14O7S2. The average Bonchev–Trinajstić information content (AvgIpc) is 2.15. The molecule has 0 saturated carbocycles. The van der Waals surface area contributed by atoms with Gasteiger partial charge < -0.3 is 4.74 Å². The van der Waals surface area contributed by atoms with E-state index in [1.807, 2.05) is 0 Å². The first-order valence-electron chi connectivity index (χ1n) is 4.47. The highest BCUT2D eigenvalue weighted by Crippen LogP contribution is 1.98. The Bertz CT molecular complexity index is 480. The van der Waals surface area contributed by atoms with Crippen LogP contribution in [0.25, 0.3) is 0 Å².